The van der Waals surface area contributed by atoms with Crippen LogP contribution in [0.5, 0.6) is 0 Å². The van der Waals surface area contributed by atoms with Crippen molar-refractivity contribution in [1.29, 1.82) is 0 Å². The van der Waals surface area contributed by atoms with Crippen LogP contribution in [0.15, 0.2) is 88.2 Å². The van der Waals surface area contributed by atoms with E-state index < -0.39 is 10.0 Å². The van der Waals surface area contributed by atoms with E-state index >= 15 is 0 Å². The van der Waals surface area contributed by atoms with Crippen molar-refractivity contribution in [2.24, 2.45) is 0 Å². The van der Waals surface area contributed by atoms with Gasteiger partial charge >= 0.3 is 0 Å². The first-order valence-corrected chi connectivity index (χ1v) is 11.9. The molecule has 1 saturated heterocycles. The third-order valence-corrected chi connectivity index (χ3v) is 7.09. The van der Waals surface area contributed by atoms with Crippen molar-refractivity contribution < 1.29 is 12.8 Å². The van der Waals surface area contributed by atoms with Crippen LogP contribution in [-0.2, 0) is 10.0 Å². The third-order valence-electron chi connectivity index (χ3n) is 5.67. The fourth-order valence-corrected chi connectivity index (χ4v) is 5.16. The van der Waals surface area contributed by atoms with Gasteiger partial charge in [-0.25, -0.2) is 13.1 Å². The van der Waals surface area contributed by atoms with Gasteiger partial charge in [0.15, 0.2) is 5.58 Å². The van der Waals surface area contributed by atoms with Crippen LogP contribution in [0.3, 0.4) is 0 Å². The number of sulfonamides is 1. The first-order valence-electron chi connectivity index (χ1n) is 10.4. The maximum Gasteiger partial charge on any atom is 0.298 e. The molecule has 1 N–H and O–H groups in total. The summed E-state index contributed by atoms with van der Waals surface area (Å²) < 4.78 is 34.7. The highest BCUT2D eigenvalue weighted by Crippen LogP contribution is 2.28. The monoisotopic (exact) mass is 433 g/mol. The minimum absolute atomic E-state index is 0.000133. The zero-order valence-electron chi connectivity index (χ0n) is 16.9. The summed E-state index contributed by atoms with van der Waals surface area (Å²) in [5.41, 5.74) is 3.40. The largest absolute Gasteiger partial charge is 0.423 e. The minimum atomic E-state index is -3.64. The number of anilines is 1. The van der Waals surface area contributed by atoms with Gasteiger partial charge < -0.3 is 9.32 Å². The van der Waals surface area contributed by atoms with E-state index in [9.17, 15) is 8.42 Å². The van der Waals surface area contributed by atoms with Crippen LogP contribution in [-0.4, -0.2) is 32.5 Å². The van der Waals surface area contributed by atoms with Gasteiger partial charge in [-0.15, -0.1) is 0 Å². The lowest BCUT2D eigenvalue weighted by Gasteiger charge is -2.23. The molecule has 1 aliphatic rings. The Balaban J connectivity index is 1.33. The zero-order chi connectivity index (χ0) is 21.3. The molecule has 4 aromatic rings. The number of para-hydroxylation sites is 2. The molecule has 5 rings (SSSR count). The van der Waals surface area contributed by atoms with Crippen molar-refractivity contribution in [3.63, 3.8) is 0 Å². The van der Waals surface area contributed by atoms with Gasteiger partial charge in [0.05, 0.1) is 4.90 Å². The highest BCUT2D eigenvalue weighted by atomic mass is 32.2. The molecule has 1 aromatic heterocycles. The summed E-state index contributed by atoms with van der Waals surface area (Å²) in [4.78, 5) is 6.90. The quantitative estimate of drug-likeness (QED) is 0.486. The van der Waals surface area contributed by atoms with Crippen molar-refractivity contribution in [3.8, 4) is 11.1 Å². The van der Waals surface area contributed by atoms with Gasteiger partial charge in [-0.1, -0.05) is 54.6 Å². The SMILES string of the molecule is O=S(=O)(NCC1CCCN1c1nc2ccccc2o1)c1cccc(-c2ccccc2)c1. The van der Waals surface area contributed by atoms with Gasteiger partial charge in [-0.3, -0.25) is 0 Å². The highest BCUT2D eigenvalue weighted by molar-refractivity contribution is 7.89. The van der Waals surface area contributed by atoms with Crippen molar-refractivity contribution >= 4 is 27.1 Å². The second kappa shape index (κ2) is 8.17. The third kappa shape index (κ3) is 4.06. The second-order valence-electron chi connectivity index (χ2n) is 7.70. The van der Waals surface area contributed by atoms with Crippen molar-refractivity contribution in [2.75, 3.05) is 18.0 Å². The van der Waals surface area contributed by atoms with E-state index in [1.165, 1.54) is 0 Å². The predicted molar refractivity (Wildman–Crippen MR) is 121 cm³/mol. The van der Waals surface area contributed by atoms with Gasteiger partial charge in [0.2, 0.25) is 10.0 Å². The summed E-state index contributed by atoms with van der Waals surface area (Å²) in [6.45, 7) is 1.10. The molecule has 1 atom stereocenters. The molecule has 1 aliphatic heterocycles. The van der Waals surface area contributed by atoms with E-state index in [2.05, 4.69) is 14.6 Å². The first-order chi connectivity index (χ1) is 15.1. The molecule has 31 heavy (non-hydrogen) atoms. The zero-order valence-corrected chi connectivity index (χ0v) is 17.8. The van der Waals surface area contributed by atoms with Crippen LogP contribution in [0.25, 0.3) is 22.2 Å². The number of nitrogens with zero attached hydrogens (tertiary/aromatic N) is 2. The number of nitrogens with one attached hydrogen (secondary N) is 1. The smallest absolute Gasteiger partial charge is 0.298 e. The Kier molecular flexibility index (Phi) is 5.21. The van der Waals surface area contributed by atoms with E-state index in [1.807, 2.05) is 60.7 Å². The molecule has 1 unspecified atom stereocenters. The fourth-order valence-electron chi connectivity index (χ4n) is 4.05. The van der Waals surface area contributed by atoms with Crippen LogP contribution < -0.4 is 9.62 Å². The van der Waals surface area contributed by atoms with E-state index in [1.54, 1.807) is 18.2 Å². The molecule has 0 aliphatic carbocycles. The van der Waals surface area contributed by atoms with Gasteiger partial charge in [0.1, 0.15) is 5.52 Å². The molecule has 0 spiro atoms. The van der Waals surface area contributed by atoms with Crippen molar-refractivity contribution in [2.45, 2.75) is 23.8 Å². The molecular formula is C24H23N3O3S. The van der Waals surface area contributed by atoms with E-state index in [0.717, 1.165) is 41.6 Å². The summed E-state index contributed by atoms with van der Waals surface area (Å²) in [5.74, 6) is 0. The lowest BCUT2D eigenvalue weighted by molar-refractivity contribution is 0.534. The Hall–Kier alpha value is -3.16. The number of hydrogen-bond donors (Lipinski definition) is 1. The standard InChI is InChI=1S/C24H23N3O3S/c28-31(29,21-12-6-10-19(16-21)18-8-2-1-3-9-18)25-17-20-11-7-15-27(20)24-26-22-13-4-5-14-23(22)30-24/h1-6,8-10,12-14,16,20,25H,7,11,15,17H2. The van der Waals surface area contributed by atoms with Crippen LogP contribution >= 0.6 is 0 Å². The molecule has 6 nitrogen and oxygen atoms in total. The van der Waals surface area contributed by atoms with Crippen molar-refractivity contribution in [1.82, 2.24) is 9.71 Å². The summed E-state index contributed by atoms with van der Waals surface area (Å²) in [6.07, 6.45) is 1.85. The first kappa shape index (κ1) is 19.8. The normalized spacial score (nSPS) is 16.8. The molecule has 158 valence electrons. The molecule has 0 saturated carbocycles. The fraction of sp³-hybridized carbons (Fsp3) is 0.208. The van der Waals surface area contributed by atoms with E-state index in [0.29, 0.717) is 12.6 Å². The van der Waals surface area contributed by atoms with Gasteiger partial charge in [0, 0.05) is 19.1 Å². The van der Waals surface area contributed by atoms with E-state index in [-0.39, 0.29) is 10.9 Å². The molecular weight excluding hydrogens is 410 g/mol. The van der Waals surface area contributed by atoms with Crippen LogP contribution in [0.4, 0.5) is 6.01 Å². The summed E-state index contributed by atoms with van der Waals surface area (Å²) >= 11 is 0. The number of oxazole rings is 1. The van der Waals surface area contributed by atoms with Crippen LogP contribution in [0.2, 0.25) is 0 Å². The number of aromatic nitrogens is 1. The average Bonchev–Trinajstić information content (AvgIpc) is 3.45. The Morgan fingerprint density at radius 3 is 2.58 bits per heavy atom. The maximum absolute atomic E-state index is 13.0. The average molecular weight is 434 g/mol. The molecule has 7 heteroatoms. The number of hydrogen-bond acceptors (Lipinski definition) is 5. The Labute approximate surface area is 181 Å². The Morgan fingerprint density at radius 1 is 0.968 bits per heavy atom. The number of fused-ring (bicyclic) bond motifs is 1. The molecule has 0 amide bonds. The molecule has 1 fully saturated rings. The summed E-state index contributed by atoms with van der Waals surface area (Å²) in [7, 11) is -3.64. The maximum atomic E-state index is 13.0. The summed E-state index contributed by atoms with van der Waals surface area (Å²) in [5, 5.41) is 0. The molecule has 0 bridgehead atoms. The topological polar surface area (TPSA) is 75.4 Å². The molecule has 0 radical (unpaired) electrons. The van der Waals surface area contributed by atoms with Crippen LogP contribution in [0.1, 0.15) is 12.8 Å². The Morgan fingerprint density at radius 2 is 1.74 bits per heavy atom. The minimum Gasteiger partial charge on any atom is -0.423 e. The second-order valence-corrected chi connectivity index (χ2v) is 9.47. The summed E-state index contributed by atoms with van der Waals surface area (Å²) in [6, 6.07) is 25.0. The molecule has 2 heterocycles. The van der Waals surface area contributed by atoms with E-state index in [4.69, 9.17) is 4.42 Å². The van der Waals surface area contributed by atoms with Crippen molar-refractivity contribution in [3.05, 3.63) is 78.9 Å². The number of benzene rings is 3. The highest BCUT2D eigenvalue weighted by Gasteiger charge is 2.29. The lowest BCUT2D eigenvalue weighted by Crippen LogP contribution is -2.40. The van der Waals surface area contributed by atoms with Gasteiger partial charge in [0.25, 0.3) is 6.01 Å². The predicted octanol–water partition coefficient (Wildman–Crippen LogP) is 4.44. The van der Waals surface area contributed by atoms with Gasteiger partial charge in [-0.05, 0) is 48.2 Å². The molecule has 3 aromatic carbocycles. The lowest BCUT2D eigenvalue weighted by atomic mass is 10.1. The number of rotatable bonds is 6. The van der Waals surface area contributed by atoms with Crippen LogP contribution in [0, 0.1) is 0 Å². The Bertz CT molecular complexity index is 1270. The van der Waals surface area contributed by atoms with Gasteiger partial charge in [-0.2, -0.15) is 4.98 Å².